The van der Waals surface area contributed by atoms with Crippen LogP contribution in [0.2, 0.25) is 0 Å². The number of rotatable bonds is 9. The van der Waals surface area contributed by atoms with E-state index in [1.54, 1.807) is 23.0 Å². The van der Waals surface area contributed by atoms with Gasteiger partial charge in [-0.1, -0.05) is 43.3 Å². The summed E-state index contributed by atoms with van der Waals surface area (Å²) in [7, 11) is 0. The van der Waals surface area contributed by atoms with Gasteiger partial charge in [-0.25, -0.2) is 4.98 Å². The van der Waals surface area contributed by atoms with Gasteiger partial charge in [0.05, 0.1) is 11.7 Å². The first-order valence-corrected chi connectivity index (χ1v) is 13.7. The van der Waals surface area contributed by atoms with Crippen molar-refractivity contribution >= 4 is 11.7 Å². The van der Waals surface area contributed by atoms with Gasteiger partial charge in [0.25, 0.3) is 11.5 Å². The summed E-state index contributed by atoms with van der Waals surface area (Å²) in [6, 6.07) is 16.4. The number of nitrogens with one attached hydrogen (secondary N) is 3. The van der Waals surface area contributed by atoms with Crippen LogP contribution in [0, 0.1) is 12.8 Å². The predicted molar refractivity (Wildman–Crippen MR) is 151 cm³/mol. The number of anilines is 1. The lowest BCUT2D eigenvalue weighted by molar-refractivity contribution is 0.0951. The molecule has 1 aliphatic carbocycles. The summed E-state index contributed by atoms with van der Waals surface area (Å²) in [5.74, 6) is 0.428. The second kappa shape index (κ2) is 11.5. The average Bonchev–Trinajstić information content (AvgIpc) is 3.73. The van der Waals surface area contributed by atoms with E-state index in [0.717, 1.165) is 50.1 Å². The summed E-state index contributed by atoms with van der Waals surface area (Å²) in [5.41, 5.74) is 3.03. The highest BCUT2D eigenvalue weighted by Crippen LogP contribution is 2.27. The van der Waals surface area contributed by atoms with Crippen LogP contribution in [0.3, 0.4) is 0 Å². The number of hydrogen-bond donors (Lipinski definition) is 3. The quantitative estimate of drug-likeness (QED) is 0.405. The maximum atomic E-state index is 13.7. The van der Waals surface area contributed by atoms with Gasteiger partial charge in [0.2, 0.25) is 0 Å². The van der Waals surface area contributed by atoms with Gasteiger partial charge in [0, 0.05) is 56.2 Å². The molecule has 3 N–H and O–H groups in total. The minimum absolute atomic E-state index is 0.0887. The lowest BCUT2D eigenvalue weighted by Crippen LogP contribution is -2.50. The maximum absolute atomic E-state index is 13.7. The second-order valence-corrected chi connectivity index (χ2v) is 10.8. The molecule has 2 heterocycles. The molecule has 0 bridgehead atoms. The molecule has 8 nitrogen and oxygen atoms in total. The van der Waals surface area contributed by atoms with Crippen LogP contribution in [0.15, 0.2) is 65.7 Å². The van der Waals surface area contributed by atoms with Crippen molar-refractivity contribution in [2.24, 2.45) is 5.92 Å². The Bertz CT molecular complexity index is 1320. The second-order valence-electron chi connectivity index (χ2n) is 10.8. The molecule has 1 aromatic heterocycles. The Balaban J connectivity index is 1.42. The Morgan fingerprint density at radius 3 is 2.71 bits per heavy atom. The fraction of sp³-hybridized carbons (Fsp3) is 0.433. The fourth-order valence-electron chi connectivity index (χ4n) is 5.26. The zero-order chi connectivity index (χ0) is 26.6. The molecule has 2 aliphatic rings. The molecule has 38 heavy (non-hydrogen) atoms. The van der Waals surface area contributed by atoms with E-state index < -0.39 is 0 Å². The number of piperazine rings is 1. The molecule has 0 radical (unpaired) electrons. The van der Waals surface area contributed by atoms with Crippen LogP contribution < -0.4 is 21.5 Å². The molecule has 3 atom stereocenters. The van der Waals surface area contributed by atoms with E-state index in [-0.39, 0.29) is 29.5 Å². The Kier molecular flexibility index (Phi) is 7.90. The molecule has 0 spiro atoms. The summed E-state index contributed by atoms with van der Waals surface area (Å²) in [4.78, 5) is 33.3. The Hall–Kier alpha value is -3.49. The molecule has 1 amide bonds. The monoisotopic (exact) mass is 514 g/mol. The normalized spacial score (nSPS) is 19.5. The molecule has 8 heteroatoms. The van der Waals surface area contributed by atoms with Gasteiger partial charge < -0.3 is 20.9 Å². The van der Waals surface area contributed by atoms with Crippen LogP contribution >= 0.6 is 0 Å². The number of amides is 1. The summed E-state index contributed by atoms with van der Waals surface area (Å²) in [6.45, 7) is 10.3. The molecule has 5 rings (SSSR count). The Morgan fingerprint density at radius 1 is 1.18 bits per heavy atom. The highest BCUT2D eigenvalue weighted by Gasteiger charge is 2.26. The third-order valence-corrected chi connectivity index (χ3v) is 7.50. The molecule has 2 aromatic carbocycles. The minimum atomic E-state index is -0.237. The van der Waals surface area contributed by atoms with Crippen LogP contribution in [0.25, 0.3) is 5.69 Å². The summed E-state index contributed by atoms with van der Waals surface area (Å²) >= 11 is 0. The third kappa shape index (κ3) is 6.14. The van der Waals surface area contributed by atoms with Crippen LogP contribution in [-0.4, -0.2) is 58.6 Å². The highest BCUT2D eigenvalue weighted by molar-refractivity contribution is 5.95. The van der Waals surface area contributed by atoms with Crippen molar-refractivity contribution in [2.75, 3.05) is 31.5 Å². The van der Waals surface area contributed by atoms with Gasteiger partial charge in [-0.15, -0.1) is 0 Å². The van der Waals surface area contributed by atoms with Crippen molar-refractivity contribution < 1.29 is 4.79 Å². The molecule has 0 unspecified atom stereocenters. The number of nitrogens with zero attached hydrogens (tertiary/aromatic N) is 3. The van der Waals surface area contributed by atoms with E-state index in [1.807, 2.05) is 37.3 Å². The van der Waals surface area contributed by atoms with E-state index in [9.17, 15) is 9.59 Å². The van der Waals surface area contributed by atoms with Gasteiger partial charge in [0.1, 0.15) is 0 Å². The zero-order valence-corrected chi connectivity index (χ0v) is 22.5. The number of hydrogen-bond acceptors (Lipinski definition) is 6. The minimum Gasteiger partial charge on any atom is -0.358 e. The average molecular weight is 515 g/mol. The van der Waals surface area contributed by atoms with Crippen molar-refractivity contribution in [2.45, 2.75) is 51.7 Å². The lowest BCUT2D eigenvalue weighted by atomic mass is 9.93. The van der Waals surface area contributed by atoms with E-state index in [4.69, 9.17) is 0 Å². The summed E-state index contributed by atoms with van der Waals surface area (Å²) in [5, 5.41) is 10.0. The van der Waals surface area contributed by atoms with Crippen LogP contribution in [0.4, 0.5) is 5.82 Å². The molecular formula is C30H38N6O2. The fourth-order valence-corrected chi connectivity index (χ4v) is 5.26. The van der Waals surface area contributed by atoms with Crippen LogP contribution in [-0.2, 0) is 0 Å². The largest absolute Gasteiger partial charge is 0.358 e. The highest BCUT2D eigenvalue weighted by atomic mass is 16.2. The molecule has 3 aromatic rings. The standard InChI is InChI=1S/C30H38N6O2/c1-20-9-10-24(29(37)33-25-11-12-25)17-26(20)36-16-14-32-28(30(36)38)34-27(23-7-5-4-6-8-23)21(2)18-35-15-13-31-22(3)19-35/h4-10,14,16-17,21-22,25,27,31H,11-13,15,18-19H2,1-3H3,(H,32,34)(H,33,37)/t21-,22+,27+/m0/s1. The topological polar surface area (TPSA) is 91.3 Å². The Morgan fingerprint density at radius 2 is 1.97 bits per heavy atom. The smallest absolute Gasteiger partial charge is 0.297 e. The third-order valence-electron chi connectivity index (χ3n) is 7.50. The molecule has 200 valence electrons. The first kappa shape index (κ1) is 26.1. The van der Waals surface area contributed by atoms with Gasteiger partial charge in [-0.2, -0.15) is 0 Å². The first-order valence-electron chi connectivity index (χ1n) is 13.7. The number of aryl methyl sites for hydroxylation is 1. The predicted octanol–water partition coefficient (Wildman–Crippen LogP) is 3.52. The number of aromatic nitrogens is 2. The first-order chi connectivity index (χ1) is 18.4. The summed E-state index contributed by atoms with van der Waals surface area (Å²) in [6.07, 6.45) is 5.36. The Labute approximate surface area is 224 Å². The van der Waals surface area contributed by atoms with Gasteiger partial charge in [-0.3, -0.25) is 14.2 Å². The van der Waals surface area contributed by atoms with Gasteiger partial charge >= 0.3 is 0 Å². The summed E-state index contributed by atoms with van der Waals surface area (Å²) < 4.78 is 1.59. The van der Waals surface area contributed by atoms with Crippen LogP contribution in [0.5, 0.6) is 0 Å². The van der Waals surface area contributed by atoms with Gasteiger partial charge in [-0.05, 0) is 55.9 Å². The van der Waals surface area contributed by atoms with E-state index in [0.29, 0.717) is 23.1 Å². The SMILES string of the molecule is Cc1ccc(C(=O)NC2CC2)cc1-n1ccnc(N[C@@H](c2ccccc2)[C@@H](C)CN2CCN[C@H](C)C2)c1=O. The maximum Gasteiger partial charge on any atom is 0.297 e. The van der Waals surface area contributed by atoms with Crippen molar-refractivity contribution in [1.82, 2.24) is 25.1 Å². The molecule has 1 saturated carbocycles. The van der Waals surface area contributed by atoms with Gasteiger partial charge in [0.15, 0.2) is 5.82 Å². The number of carbonyl (C=O) groups is 1. The molecular weight excluding hydrogens is 476 g/mol. The van der Waals surface area contributed by atoms with Crippen molar-refractivity contribution in [3.05, 3.63) is 88.0 Å². The molecule has 1 aliphatic heterocycles. The molecule has 2 fully saturated rings. The number of carbonyl (C=O) groups excluding carboxylic acids is 1. The van der Waals surface area contributed by atoms with Crippen LogP contribution in [0.1, 0.15) is 54.2 Å². The van der Waals surface area contributed by atoms with Crippen molar-refractivity contribution in [1.29, 1.82) is 0 Å². The van der Waals surface area contributed by atoms with E-state index >= 15 is 0 Å². The van der Waals surface area contributed by atoms with E-state index in [1.165, 1.54) is 0 Å². The van der Waals surface area contributed by atoms with Crippen molar-refractivity contribution in [3.8, 4) is 5.69 Å². The zero-order valence-electron chi connectivity index (χ0n) is 22.5. The number of benzene rings is 2. The van der Waals surface area contributed by atoms with Crippen molar-refractivity contribution in [3.63, 3.8) is 0 Å². The van der Waals surface area contributed by atoms with E-state index in [2.05, 4.69) is 51.8 Å². The molecule has 1 saturated heterocycles. The lowest BCUT2D eigenvalue weighted by Gasteiger charge is -2.36.